The average Bonchev–Trinajstić information content (AvgIpc) is 2.61. The minimum Gasteiger partial charge on any atom is -0.397 e. The van der Waals surface area contributed by atoms with E-state index < -0.39 is 11.9 Å². The predicted octanol–water partition coefficient (Wildman–Crippen LogP) is 2.09. The molecule has 26 heavy (non-hydrogen) atoms. The molecule has 0 saturated heterocycles. The average molecular weight is 415 g/mol. The highest BCUT2D eigenvalue weighted by atomic mass is 79.9. The SMILES string of the molecule is N#CNC1=NC(c2ccc(CBr)c(F)c2)c2c(nc(N)c(C#N)c2N)N1. The first-order chi connectivity index (χ1) is 12.5. The lowest BCUT2D eigenvalue weighted by Crippen LogP contribution is -2.32. The molecule has 0 fully saturated rings. The number of pyridine rings is 1. The molecule has 2 heterocycles. The van der Waals surface area contributed by atoms with Gasteiger partial charge in [-0.25, -0.2) is 14.4 Å². The van der Waals surface area contributed by atoms with Crippen molar-refractivity contribution in [2.75, 3.05) is 16.8 Å². The zero-order valence-corrected chi connectivity index (χ0v) is 14.8. The molecule has 1 aliphatic heterocycles. The van der Waals surface area contributed by atoms with Gasteiger partial charge in [0.1, 0.15) is 35.1 Å². The predicted molar refractivity (Wildman–Crippen MR) is 98.5 cm³/mol. The van der Waals surface area contributed by atoms with Crippen LogP contribution in [0.4, 0.5) is 21.7 Å². The van der Waals surface area contributed by atoms with Gasteiger partial charge in [-0.1, -0.05) is 28.1 Å². The molecule has 2 aromatic rings. The van der Waals surface area contributed by atoms with Crippen LogP contribution in [-0.2, 0) is 5.33 Å². The number of fused-ring (bicyclic) bond motifs is 1. The minimum atomic E-state index is -0.763. The van der Waals surface area contributed by atoms with Gasteiger partial charge in [-0.3, -0.25) is 5.32 Å². The van der Waals surface area contributed by atoms with Crippen LogP contribution in [0.15, 0.2) is 23.2 Å². The maximum absolute atomic E-state index is 14.3. The third-order valence-corrected chi connectivity index (χ3v) is 4.50. The largest absolute Gasteiger partial charge is 0.397 e. The summed E-state index contributed by atoms with van der Waals surface area (Å²) >= 11 is 3.22. The van der Waals surface area contributed by atoms with Gasteiger partial charge in [0.25, 0.3) is 0 Å². The van der Waals surface area contributed by atoms with Gasteiger partial charge >= 0.3 is 0 Å². The zero-order chi connectivity index (χ0) is 18.8. The van der Waals surface area contributed by atoms with Crippen LogP contribution in [0, 0.1) is 28.6 Å². The number of nitriles is 2. The number of benzene rings is 1. The first-order valence-electron chi connectivity index (χ1n) is 7.33. The van der Waals surface area contributed by atoms with Crippen LogP contribution in [0.1, 0.15) is 28.3 Å². The molecule has 0 amide bonds. The summed E-state index contributed by atoms with van der Waals surface area (Å²) in [5.41, 5.74) is 13.4. The number of hydrogen-bond acceptors (Lipinski definition) is 8. The lowest BCUT2D eigenvalue weighted by Gasteiger charge is -2.26. The summed E-state index contributed by atoms with van der Waals surface area (Å²) in [5, 5.41) is 23.7. The second-order valence-corrected chi connectivity index (χ2v) is 5.95. The molecule has 1 atom stereocenters. The van der Waals surface area contributed by atoms with Crippen molar-refractivity contribution in [2.45, 2.75) is 11.4 Å². The fourth-order valence-electron chi connectivity index (χ4n) is 2.66. The summed E-state index contributed by atoms with van der Waals surface area (Å²) in [6.45, 7) is 0. The molecule has 0 saturated carbocycles. The van der Waals surface area contributed by atoms with E-state index in [9.17, 15) is 9.65 Å². The summed E-state index contributed by atoms with van der Waals surface area (Å²) < 4.78 is 14.3. The van der Waals surface area contributed by atoms with E-state index >= 15 is 0 Å². The Morgan fingerprint density at radius 1 is 1.35 bits per heavy atom. The number of nitrogens with zero attached hydrogens (tertiary/aromatic N) is 4. The van der Waals surface area contributed by atoms with Gasteiger partial charge in [-0.15, -0.1) is 0 Å². The van der Waals surface area contributed by atoms with Crippen molar-refractivity contribution in [3.05, 3.63) is 46.3 Å². The third kappa shape index (κ3) is 2.87. The maximum Gasteiger partial charge on any atom is 0.211 e. The Kier molecular flexibility index (Phi) is 4.61. The molecule has 1 unspecified atom stereocenters. The fourth-order valence-corrected chi connectivity index (χ4v) is 3.12. The van der Waals surface area contributed by atoms with E-state index in [2.05, 4.69) is 36.5 Å². The van der Waals surface area contributed by atoms with Crippen molar-refractivity contribution in [1.29, 1.82) is 10.5 Å². The van der Waals surface area contributed by atoms with Crippen LogP contribution in [0.2, 0.25) is 0 Å². The van der Waals surface area contributed by atoms with Gasteiger partial charge in [-0.05, 0) is 17.2 Å². The number of rotatable bonds is 2. The molecule has 1 aromatic heterocycles. The molecule has 0 aliphatic carbocycles. The Morgan fingerprint density at radius 2 is 2.12 bits per heavy atom. The van der Waals surface area contributed by atoms with Crippen molar-refractivity contribution < 1.29 is 4.39 Å². The van der Waals surface area contributed by atoms with Gasteiger partial charge in [0, 0.05) is 10.9 Å². The van der Waals surface area contributed by atoms with E-state index in [0.29, 0.717) is 22.0 Å². The summed E-state index contributed by atoms with van der Waals surface area (Å²) in [4.78, 5) is 8.51. The van der Waals surface area contributed by atoms with E-state index in [1.807, 2.05) is 6.07 Å². The molecule has 130 valence electrons. The van der Waals surface area contributed by atoms with Crippen molar-refractivity contribution in [3.8, 4) is 12.3 Å². The van der Waals surface area contributed by atoms with Crippen molar-refractivity contribution >= 4 is 39.2 Å². The number of aromatic nitrogens is 1. The normalized spacial score (nSPS) is 15.1. The highest BCUT2D eigenvalue weighted by Gasteiger charge is 2.30. The molecule has 0 bridgehead atoms. The number of halogens is 2. The lowest BCUT2D eigenvalue weighted by molar-refractivity contribution is 0.613. The smallest absolute Gasteiger partial charge is 0.211 e. The van der Waals surface area contributed by atoms with Crippen LogP contribution in [0.5, 0.6) is 0 Å². The molecule has 0 radical (unpaired) electrons. The van der Waals surface area contributed by atoms with Crippen molar-refractivity contribution in [2.24, 2.45) is 4.99 Å². The summed E-state index contributed by atoms with van der Waals surface area (Å²) in [6, 6.07) is 5.82. The highest BCUT2D eigenvalue weighted by Crippen LogP contribution is 2.40. The standard InChI is InChI=1S/C16H12BrFN8/c17-4-8-2-1-7(3-10(8)18)13-11-12(21)9(5-19)14(22)25-15(11)26-16(24-13)23-6-20/h1-3,13H,4H2,(H6,21,22,23,24,25,26). The first-order valence-corrected chi connectivity index (χ1v) is 8.45. The molecule has 8 nitrogen and oxygen atoms in total. The Morgan fingerprint density at radius 3 is 2.73 bits per heavy atom. The Bertz CT molecular complexity index is 1000. The second-order valence-electron chi connectivity index (χ2n) is 5.39. The van der Waals surface area contributed by atoms with Crippen molar-refractivity contribution in [1.82, 2.24) is 10.3 Å². The number of nitrogens with two attached hydrogens (primary N) is 2. The molecular weight excluding hydrogens is 403 g/mol. The number of guanidine groups is 1. The summed E-state index contributed by atoms with van der Waals surface area (Å²) in [7, 11) is 0. The van der Waals surface area contributed by atoms with Gasteiger partial charge in [0.05, 0.1) is 5.69 Å². The number of alkyl halides is 1. The Balaban J connectivity index is 2.23. The number of hydrogen-bond donors (Lipinski definition) is 4. The van der Waals surface area contributed by atoms with Gasteiger partial charge in [0.15, 0.2) is 6.19 Å². The number of nitrogens with one attached hydrogen (secondary N) is 2. The van der Waals surface area contributed by atoms with Gasteiger partial charge in [-0.2, -0.15) is 10.5 Å². The summed E-state index contributed by atoms with van der Waals surface area (Å²) in [6.07, 6.45) is 1.76. The summed E-state index contributed by atoms with van der Waals surface area (Å²) in [5.74, 6) is -0.0892. The van der Waals surface area contributed by atoms with Gasteiger partial charge in [0.2, 0.25) is 5.96 Å². The van der Waals surface area contributed by atoms with E-state index in [-0.39, 0.29) is 28.8 Å². The molecular formula is C16H12BrFN8. The molecule has 1 aromatic carbocycles. The quantitative estimate of drug-likeness (QED) is 0.333. The Labute approximate surface area is 156 Å². The Hall–Kier alpha value is -3.37. The molecule has 1 aliphatic rings. The van der Waals surface area contributed by atoms with Crippen LogP contribution in [-0.4, -0.2) is 10.9 Å². The van der Waals surface area contributed by atoms with Crippen LogP contribution in [0.25, 0.3) is 0 Å². The molecule has 6 N–H and O–H groups in total. The van der Waals surface area contributed by atoms with E-state index in [4.69, 9.17) is 16.7 Å². The number of aliphatic imine (C=N–C) groups is 1. The fraction of sp³-hybridized carbons (Fsp3) is 0.125. The van der Waals surface area contributed by atoms with Crippen LogP contribution >= 0.6 is 15.9 Å². The van der Waals surface area contributed by atoms with E-state index in [0.717, 1.165) is 0 Å². The third-order valence-electron chi connectivity index (χ3n) is 3.89. The van der Waals surface area contributed by atoms with Gasteiger partial charge < -0.3 is 16.8 Å². The molecule has 0 spiro atoms. The minimum absolute atomic E-state index is 0.0278. The number of nitrogen functional groups attached to an aromatic ring is 2. The van der Waals surface area contributed by atoms with E-state index in [1.165, 1.54) is 6.07 Å². The molecule has 10 heteroatoms. The van der Waals surface area contributed by atoms with Crippen molar-refractivity contribution in [3.63, 3.8) is 0 Å². The van der Waals surface area contributed by atoms with Crippen LogP contribution in [0.3, 0.4) is 0 Å². The lowest BCUT2D eigenvalue weighted by atomic mass is 9.94. The maximum atomic E-state index is 14.3. The highest BCUT2D eigenvalue weighted by molar-refractivity contribution is 9.08. The number of anilines is 3. The first kappa shape index (κ1) is 17.5. The second kappa shape index (κ2) is 6.86. The zero-order valence-electron chi connectivity index (χ0n) is 13.2. The topological polar surface area (TPSA) is 149 Å². The monoisotopic (exact) mass is 414 g/mol. The van der Waals surface area contributed by atoms with E-state index in [1.54, 1.807) is 18.3 Å². The molecule has 3 rings (SSSR count). The van der Waals surface area contributed by atoms with Crippen LogP contribution < -0.4 is 22.1 Å².